The number of benzene rings is 1. The zero-order valence-corrected chi connectivity index (χ0v) is 15.6. The summed E-state index contributed by atoms with van der Waals surface area (Å²) in [4.78, 5) is 16.7. The molecule has 1 unspecified atom stereocenters. The van der Waals surface area contributed by atoms with Crippen molar-refractivity contribution >= 4 is 17.2 Å². The summed E-state index contributed by atoms with van der Waals surface area (Å²) in [5.41, 5.74) is 1.49. The van der Waals surface area contributed by atoms with Crippen LogP contribution in [0.3, 0.4) is 0 Å². The Kier molecular flexibility index (Phi) is 6.04. The molecular weight excluding hydrogens is 334 g/mol. The van der Waals surface area contributed by atoms with Gasteiger partial charge in [0.15, 0.2) is 0 Å². The van der Waals surface area contributed by atoms with Gasteiger partial charge in [-0.2, -0.15) is 0 Å². The third kappa shape index (κ3) is 5.03. The van der Waals surface area contributed by atoms with E-state index >= 15 is 0 Å². The molecule has 3 rings (SSSR count). The maximum Gasteiger partial charge on any atom is 0.270 e. The maximum atomic E-state index is 12.2. The lowest BCUT2D eigenvalue weighted by atomic mass is 10.1. The van der Waals surface area contributed by atoms with Crippen molar-refractivity contribution in [3.63, 3.8) is 0 Å². The van der Waals surface area contributed by atoms with E-state index in [0.29, 0.717) is 18.2 Å². The first-order valence-corrected chi connectivity index (χ1v) is 9.71. The molecule has 1 aliphatic rings. The van der Waals surface area contributed by atoms with E-state index in [4.69, 9.17) is 4.74 Å². The van der Waals surface area contributed by atoms with Crippen molar-refractivity contribution in [1.82, 2.24) is 15.6 Å². The largest absolute Gasteiger partial charge is 0.491 e. The lowest BCUT2D eigenvalue weighted by Crippen LogP contribution is -2.26. The van der Waals surface area contributed by atoms with Crippen LogP contribution in [0.4, 0.5) is 0 Å². The fourth-order valence-electron chi connectivity index (χ4n) is 2.90. The Morgan fingerprint density at radius 2 is 2.20 bits per heavy atom. The summed E-state index contributed by atoms with van der Waals surface area (Å²) < 4.78 is 5.65. The van der Waals surface area contributed by atoms with Crippen LogP contribution in [-0.4, -0.2) is 36.6 Å². The van der Waals surface area contributed by atoms with Crippen molar-refractivity contribution in [3.8, 4) is 16.3 Å². The van der Waals surface area contributed by atoms with Crippen LogP contribution in [0.25, 0.3) is 10.6 Å². The number of nitrogens with zero attached hydrogens (tertiary/aromatic N) is 1. The standard InChI is InChI=1S/C19H25N3O2S/c1-13(2)24-16-5-3-15(4-6-16)19-22-17(12-25-19)18(23)21-10-8-14-7-9-20-11-14/h3-6,12-14,20H,7-11H2,1-2H3,(H,21,23). The monoisotopic (exact) mass is 359 g/mol. The van der Waals surface area contributed by atoms with E-state index in [9.17, 15) is 4.79 Å². The predicted molar refractivity (Wildman–Crippen MR) is 101 cm³/mol. The number of nitrogens with one attached hydrogen (secondary N) is 2. The number of hydrogen-bond acceptors (Lipinski definition) is 5. The fraction of sp³-hybridized carbons (Fsp3) is 0.474. The minimum absolute atomic E-state index is 0.0896. The zero-order valence-electron chi connectivity index (χ0n) is 14.7. The van der Waals surface area contributed by atoms with E-state index in [1.165, 1.54) is 17.8 Å². The molecule has 5 nitrogen and oxygen atoms in total. The smallest absolute Gasteiger partial charge is 0.270 e. The van der Waals surface area contributed by atoms with Crippen LogP contribution in [0.2, 0.25) is 0 Å². The van der Waals surface area contributed by atoms with Gasteiger partial charge in [0.2, 0.25) is 0 Å². The van der Waals surface area contributed by atoms with Crippen LogP contribution in [0, 0.1) is 5.92 Å². The highest BCUT2D eigenvalue weighted by atomic mass is 32.1. The first-order chi connectivity index (χ1) is 12.1. The Morgan fingerprint density at radius 1 is 1.40 bits per heavy atom. The average Bonchev–Trinajstić information content (AvgIpc) is 3.26. The van der Waals surface area contributed by atoms with Crippen LogP contribution >= 0.6 is 11.3 Å². The minimum Gasteiger partial charge on any atom is -0.491 e. The number of ether oxygens (including phenoxy) is 1. The van der Waals surface area contributed by atoms with Crippen LogP contribution in [-0.2, 0) is 0 Å². The highest BCUT2D eigenvalue weighted by molar-refractivity contribution is 7.13. The highest BCUT2D eigenvalue weighted by Crippen LogP contribution is 2.26. The second-order valence-corrected chi connectivity index (χ2v) is 7.49. The normalized spacial score (nSPS) is 17.0. The molecule has 2 heterocycles. The lowest BCUT2D eigenvalue weighted by molar-refractivity contribution is 0.0947. The van der Waals surface area contributed by atoms with Gasteiger partial charge in [0.05, 0.1) is 6.10 Å². The highest BCUT2D eigenvalue weighted by Gasteiger charge is 2.16. The molecule has 6 heteroatoms. The van der Waals surface area contributed by atoms with Crippen molar-refractivity contribution in [1.29, 1.82) is 0 Å². The van der Waals surface area contributed by atoms with Gasteiger partial charge in [0.25, 0.3) is 5.91 Å². The molecule has 25 heavy (non-hydrogen) atoms. The van der Waals surface area contributed by atoms with E-state index in [0.717, 1.165) is 35.8 Å². The van der Waals surface area contributed by atoms with Crippen LogP contribution < -0.4 is 15.4 Å². The summed E-state index contributed by atoms with van der Waals surface area (Å²) in [7, 11) is 0. The quantitative estimate of drug-likeness (QED) is 0.796. The van der Waals surface area contributed by atoms with Gasteiger partial charge in [-0.15, -0.1) is 11.3 Å². The summed E-state index contributed by atoms with van der Waals surface area (Å²) in [6.45, 7) is 6.87. The molecule has 1 saturated heterocycles. The Morgan fingerprint density at radius 3 is 2.88 bits per heavy atom. The number of carbonyl (C=O) groups is 1. The van der Waals surface area contributed by atoms with Crippen molar-refractivity contribution in [2.45, 2.75) is 32.8 Å². The van der Waals surface area contributed by atoms with Gasteiger partial charge >= 0.3 is 0 Å². The molecule has 0 saturated carbocycles. The maximum absolute atomic E-state index is 12.2. The van der Waals surface area contributed by atoms with Crippen LogP contribution in [0.1, 0.15) is 37.2 Å². The van der Waals surface area contributed by atoms with Gasteiger partial charge in [-0.3, -0.25) is 4.79 Å². The molecular formula is C19H25N3O2S. The SMILES string of the molecule is CC(C)Oc1ccc(-c2nc(C(=O)NCCC3CCNC3)cs2)cc1. The van der Waals surface area contributed by atoms with Crippen LogP contribution in [0.5, 0.6) is 5.75 Å². The Hall–Kier alpha value is -1.92. The van der Waals surface area contributed by atoms with Crippen molar-refractivity contribution in [2.75, 3.05) is 19.6 Å². The minimum atomic E-state index is -0.0896. The van der Waals surface area contributed by atoms with E-state index < -0.39 is 0 Å². The number of amides is 1. The van der Waals surface area contributed by atoms with Crippen molar-refractivity contribution in [3.05, 3.63) is 35.3 Å². The second kappa shape index (κ2) is 8.45. The molecule has 2 aromatic rings. The summed E-state index contributed by atoms with van der Waals surface area (Å²) >= 11 is 1.49. The zero-order chi connectivity index (χ0) is 17.6. The molecule has 0 radical (unpaired) electrons. The molecule has 0 spiro atoms. The third-order valence-electron chi connectivity index (χ3n) is 4.21. The number of hydrogen-bond donors (Lipinski definition) is 2. The Labute approximate surface area is 152 Å². The molecule has 1 aromatic heterocycles. The summed E-state index contributed by atoms with van der Waals surface area (Å²) in [5.74, 6) is 1.43. The Balaban J connectivity index is 1.54. The number of aromatic nitrogens is 1. The topological polar surface area (TPSA) is 63.2 Å². The van der Waals surface area contributed by atoms with Crippen LogP contribution in [0.15, 0.2) is 29.6 Å². The summed E-state index contributed by atoms with van der Waals surface area (Å²) in [6, 6.07) is 7.83. The van der Waals surface area contributed by atoms with Gasteiger partial charge in [-0.25, -0.2) is 4.98 Å². The van der Waals surface area contributed by atoms with Gasteiger partial charge in [-0.05, 0) is 70.0 Å². The van der Waals surface area contributed by atoms with Gasteiger partial charge in [-0.1, -0.05) is 0 Å². The molecule has 0 bridgehead atoms. The van der Waals surface area contributed by atoms with Gasteiger partial charge < -0.3 is 15.4 Å². The molecule has 1 amide bonds. The molecule has 1 aromatic carbocycles. The molecule has 1 atom stereocenters. The molecule has 2 N–H and O–H groups in total. The number of rotatable bonds is 7. The fourth-order valence-corrected chi connectivity index (χ4v) is 3.71. The molecule has 1 fully saturated rings. The summed E-state index contributed by atoms with van der Waals surface area (Å²) in [5, 5.41) is 8.99. The Bertz CT molecular complexity index is 691. The molecule has 1 aliphatic heterocycles. The van der Waals surface area contributed by atoms with E-state index in [2.05, 4.69) is 15.6 Å². The second-order valence-electron chi connectivity index (χ2n) is 6.63. The van der Waals surface area contributed by atoms with Crippen molar-refractivity contribution < 1.29 is 9.53 Å². The third-order valence-corrected chi connectivity index (χ3v) is 5.10. The number of carbonyl (C=O) groups excluding carboxylic acids is 1. The van der Waals surface area contributed by atoms with Gasteiger partial charge in [0, 0.05) is 17.5 Å². The van der Waals surface area contributed by atoms with Crippen molar-refractivity contribution in [2.24, 2.45) is 5.92 Å². The first kappa shape index (κ1) is 17.9. The first-order valence-electron chi connectivity index (χ1n) is 8.83. The van der Waals surface area contributed by atoms with E-state index in [1.54, 1.807) is 0 Å². The van der Waals surface area contributed by atoms with E-state index in [1.807, 2.05) is 43.5 Å². The molecule has 134 valence electrons. The van der Waals surface area contributed by atoms with Gasteiger partial charge in [0.1, 0.15) is 16.5 Å². The summed E-state index contributed by atoms with van der Waals surface area (Å²) in [6.07, 6.45) is 2.38. The van der Waals surface area contributed by atoms with E-state index in [-0.39, 0.29) is 12.0 Å². The predicted octanol–water partition coefficient (Wildman–Crippen LogP) is 3.33. The average molecular weight is 359 g/mol. The number of thiazole rings is 1. The lowest BCUT2D eigenvalue weighted by Gasteiger charge is -2.09. The molecule has 0 aliphatic carbocycles.